The molecular formula is C12H19N3O3S. The van der Waals surface area contributed by atoms with Crippen molar-refractivity contribution < 1.29 is 14.3 Å². The summed E-state index contributed by atoms with van der Waals surface area (Å²) in [5.74, 6) is -0.580. The molecule has 106 valence electrons. The van der Waals surface area contributed by atoms with E-state index in [0.717, 1.165) is 4.88 Å². The summed E-state index contributed by atoms with van der Waals surface area (Å²) in [6, 6.07) is -0.334. The third kappa shape index (κ3) is 4.20. The van der Waals surface area contributed by atoms with Crippen LogP contribution in [0.25, 0.3) is 0 Å². The second-order valence-corrected chi connectivity index (χ2v) is 5.65. The van der Waals surface area contributed by atoms with Crippen LogP contribution in [0.2, 0.25) is 0 Å². The molecule has 2 N–H and O–H groups in total. The number of carbonyl (C=O) groups excluding carboxylic acids is 2. The maximum absolute atomic E-state index is 11.8. The Morgan fingerprint density at radius 1 is 1.32 bits per heavy atom. The van der Waals surface area contributed by atoms with Crippen molar-refractivity contribution in [2.75, 3.05) is 12.4 Å². The molecule has 0 aromatic carbocycles. The van der Waals surface area contributed by atoms with E-state index in [1.54, 1.807) is 13.8 Å². The number of amides is 1. The largest absolute Gasteiger partial charge is 0.464 e. The van der Waals surface area contributed by atoms with Gasteiger partial charge in [-0.3, -0.25) is 4.79 Å². The number of aryl methyl sites for hydroxylation is 1. The number of nitrogens with zero attached hydrogens (tertiary/aromatic N) is 1. The summed E-state index contributed by atoms with van der Waals surface area (Å²) < 4.78 is 4.63. The number of methoxy groups -OCH3 is 1. The van der Waals surface area contributed by atoms with Crippen LogP contribution in [0.15, 0.2) is 0 Å². The molecule has 1 heterocycles. The van der Waals surface area contributed by atoms with Gasteiger partial charge in [0.2, 0.25) is 5.91 Å². The predicted octanol–water partition coefficient (Wildman–Crippen LogP) is 1.56. The SMILES string of the molecule is COC(=O)c1nc(NC(C)C(=O)NC(C)C)sc1C. The van der Waals surface area contributed by atoms with Crippen LogP contribution in [0.5, 0.6) is 0 Å². The van der Waals surface area contributed by atoms with Crippen LogP contribution in [-0.4, -0.2) is 36.1 Å². The standard InChI is InChI=1S/C12H19N3O3S/c1-6(2)13-10(16)7(3)14-12-15-9(8(4)19-12)11(17)18-5/h6-7H,1-5H3,(H,13,16)(H,14,15). The van der Waals surface area contributed by atoms with E-state index in [2.05, 4.69) is 20.4 Å². The van der Waals surface area contributed by atoms with Gasteiger partial charge in [0.15, 0.2) is 10.8 Å². The number of rotatable bonds is 5. The molecule has 0 aliphatic rings. The summed E-state index contributed by atoms with van der Waals surface area (Å²) in [5, 5.41) is 6.31. The smallest absolute Gasteiger partial charge is 0.357 e. The number of aromatic nitrogens is 1. The van der Waals surface area contributed by atoms with Crippen molar-refractivity contribution in [2.24, 2.45) is 0 Å². The number of carbonyl (C=O) groups is 2. The summed E-state index contributed by atoms with van der Waals surface area (Å²) in [6.07, 6.45) is 0. The molecule has 1 aromatic heterocycles. The Bertz CT molecular complexity index is 471. The molecule has 0 bridgehead atoms. The molecular weight excluding hydrogens is 266 g/mol. The Morgan fingerprint density at radius 2 is 1.95 bits per heavy atom. The van der Waals surface area contributed by atoms with Crippen LogP contribution in [0.3, 0.4) is 0 Å². The van der Waals surface area contributed by atoms with E-state index < -0.39 is 12.0 Å². The minimum atomic E-state index is -0.471. The summed E-state index contributed by atoms with van der Waals surface area (Å²) in [7, 11) is 1.31. The molecule has 0 radical (unpaired) electrons. The van der Waals surface area contributed by atoms with Gasteiger partial charge in [-0.05, 0) is 27.7 Å². The number of hydrogen-bond donors (Lipinski definition) is 2. The zero-order valence-electron chi connectivity index (χ0n) is 11.7. The lowest BCUT2D eigenvalue weighted by molar-refractivity contribution is -0.122. The Balaban J connectivity index is 2.72. The number of hydrogen-bond acceptors (Lipinski definition) is 6. The van der Waals surface area contributed by atoms with Crippen molar-refractivity contribution in [1.82, 2.24) is 10.3 Å². The van der Waals surface area contributed by atoms with Crippen LogP contribution in [-0.2, 0) is 9.53 Å². The van der Waals surface area contributed by atoms with Crippen LogP contribution < -0.4 is 10.6 Å². The van der Waals surface area contributed by atoms with Crippen LogP contribution >= 0.6 is 11.3 Å². The van der Waals surface area contributed by atoms with Crippen molar-refractivity contribution >= 4 is 28.3 Å². The topological polar surface area (TPSA) is 80.3 Å². The average molecular weight is 285 g/mol. The number of nitrogens with one attached hydrogen (secondary N) is 2. The Morgan fingerprint density at radius 3 is 2.47 bits per heavy atom. The van der Waals surface area contributed by atoms with E-state index in [-0.39, 0.29) is 17.6 Å². The zero-order chi connectivity index (χ0) is 14.6. The lowest BCUT2D eigenvalue weighted by Gasteiger charge is -2.15. The summed E-state index contributed by atoms with van der Waals surface area (Å²) in [5.41, 5.74) is 0.284. The van der Waals surface area contributed by atoms with Gasteiger partial charge in [0.05, 0.1) is 7.11 Å². The molecule has 0 spiro atoms. The quantitative estimate of drug-likeness (QED) is 0.803. The minimum absolute atomic E-state index is 0.0837. The van der Waals surface area contributed by atoms with E-state index >= 15 is 0 Å². The maximum atomic E-state index is 11.8. The number of anilines is 1. The first-order chi connectivity index (χ1) is 8.85. The lowest BCUT2D eigenvalue weighted by Crippen LogP contribution is -2.40. The monoisotopic (exact) mass is 285 g/mol. The fourth-order valence-corrected chi connectivity index (χ4v) is 2.29. The van der Waals surface area contributed by atoms with E-state index in [1.165, 1.54) is 18.4 Å². The van der Waals surface area contributed by atoms with Crippen molar-refractivity contribution in [2.45, 2.75) is 39.8 Å². The summed E-state index contributed by atoms with van der Waals surface area (Å²) in [4.78, 5) is 28.1. The Hall–Kier alpha value is -1.63. The van der Waals surface area contributed by atoms with Gasteiger partial charge in [0, 0.05) is 10.9 Å². The van der Waals surface area contributed by atoms with Crippen molar-refractivity contribution in [3.63, 3.8) is 0 Å². The molecule has 1 aromatic rings. The molecule has 6 nitrogen and oxygen atoms in total. The van der Waals surface area contributed by atoms with Crippen molar-refractivity contribution in [1.29, 1.82) is 0 Å². The highest BCUT2D eigenvalue weighted by molar-refractivity contribution is 7.15. The lowest BCUT2D eigenvalue weighted by atomic mass is 10.3. The highest BCUT2D eigenvalue weighted by Gasteiger charge is 2.19. The number of thiazole rings is 1. The van der Waals surface area contributed by atoms with Gasteiger partial charge >= 0.3 is 5.97 Å². The van der Waals surface area contributed by atoms with Crippen LogP contribution in [0.4, 0.5) is 5.13 Å². The summed E-state index contributed by atoms with van der Waals surface area (Å²) >= 11 is 1.32. The van der Waals surface area contributed by atoms with Gasteiger partial charge in [-0.2, -0.15) is 0 Å². The summed E-state index contributed by atoms with van der Waals surface area (Å²) in [6.45, 7) is 7.32. The predicted molar refractivity (Wildman–Crippen MR) is 74.6 cm³/mol. The van der Waals surface area contributed by atoms with E-state index in [1.807, 2.05) is 13.8 Å². The average Bonchev–Trinajstić information content (AvgIpc) is 2.68. The van der Waals surface area contributed by atoms with Gasteiger partial charge in [-0.1, -0.05) is 0 Å². The van der Waals surface area contributed by atoms with Gasteiger partial charge in [-0.25, -0.2) is 9.78 Å². The van der Waals surface area contributed by atoms with Gasteiger partial charge in [-0.15, -0.1) is 11.3 Å². The van der Waals surface area contributed by atoms with E-state index in [9.17, 15) is 9.59 Å². The highest BCUT2D eigenvalue weighted by Crippen LogP contribution is 2.23. The van der Waals surface area contributed by atoms with Gasteiger partial charge < -0.3 is 15.4 Å². The molecule has 0 aliphatic heterocycles. The van der Waals surface area contributed by atoms with Crippen molar-refractivity contribution in [3.8, 4) is 0 Å². The minimum Gasteiger partial charge on any atom is -0.464 e. The Kier molecular flexibility index (Phi) is 5.29. The van der Waals surface area contributed by atoms with Gasteiger partial charge in [0.1, 0.15) is 6.04 Å². The van der Waals surface area contributed by atoms with Gasteiger partial charge in [0.25, 0.3) is 0 Å². The molecule has 0 saturated heterocycles. The fraction of sp³-hybridized carbons (Fsp3) is 0.583. The molecule has 1 atom stereocenters. The zero-order valence-corrected chi connectivity index (χ0v) is 12.6. The molecule has 19 heavy (non-hydrogen) atoms. The first kappa shape index (κ1) is 15.4. The second-order valence-electron chi connectivity index (χ2n) is 4.44. The molecule has 0 fully saturated rings. The molecule has 1 amide bonds. The highest BCUT2D eigenvalue weighted by atomic mass is 32.1. The molecule has 1 unspecified atom stereocenters. The Labute approximate surface area is 116 Å². The maximum Gasteiger partial charge on any atom is 0.357 e. The molecule has 1 rings (SSSR count). The number of esters is 1. The molecule has 0 aliphatic carbocycles. The van der Waals surface area contributed by atoms with E-state index in [0.29, 0.717) is 5.13 Å². The third-order valence-corrected chi connectivity index (χ3v) is 3.24. The van der Waals surface area contributed by atoms with Crippen LogP contribution in [0.1, 0.15) is 36.1 Å². The number of ether oxygens (including phenoxy) is 1. The molecule has 7 heteroatoms. The molecule has 0 saturated carbocycles. The van der Waals surface area contributed by atoms with Crippen LogP contribution in [0, 0.1) is 6.92 Å². The second kappa shape index (κ2) is 6.51. The first-order valence-electron chi connectivity index (χ1n) is 5.97. The first-order valence-corrected chi connectivity index (χ1v) is 6.79. The fourth-order valence-electron chi connectivity index (χ4n) is 1.40. The van der Waals surface area contributed by atoms with Crippen molar-refractivity contribution in [3.05, 3.63) is 10.6 Å². The normalized spacial score (nSPS) is 12.1. The van der Waals surface area contributed by atoms with E-state index in [4.69, 9.17) is 0 Å². The third-order valence-electron chi connectivity index (χ3n) is 2.34.